The Hall–Kier alpha value is -1.24. The molecule has 0 atom stereocenters. The number of carbonyl (C=O) groups excluding carboxylic acids is 1. The Kier molecular flexibility index (Phi) is 3.79. The highest BCUT2D eigenvalue weighted by atomic mass is 32.2. The number of benzene rings is 1. The van der Waals surface area contributed by atoms with E-state index in [2.05, 4.69) is 0 Å². The molecule has 0 aliphatic heterocycles. The van der Waals surface area contributed by atoms with E-state index in [1.165, 1.54) is 24.3 Å². The topological polar surface area (TPSA) is 74.7 Å². The maximum absolute atomic E-state index is 11.6. The van der Waals surface area contributed by atoms with Crippen LogP contribution in [0.3, 0.4) is 0 Å². The molecule has 0 heterocycles. The molecule has 0 saturated carbocycles. The standard InChI is InChI=1S/C10H13NO4S/c1-11(2)7-10(12)8-3-5-9(6-4-8)16(13,14)15/h3-6H,7H2,1-2H3,(H,13,14,15). The van der Waals surface area contributed by atoms with Crippen molar-refractivity contribution in [2.45, 2.75) is 4.90 Å². The lowest BCUT2D eigenvalue weighted by atomic mass is 10.1. The molecule has 6 heteroatoms. The van der Waals surface area contributed by atoms with Gasteiger partial charge < -0.3 is 4.90 Å². The SMILES string of the molecule is CN(C)CC(=O)c1ccc(S(=O)(=O)O)cc1. The fourth-order valence-corrected chi connectivity index (χ4v) is 1.67. The molecule has 0 amide bonds. The van der Waals surface area contributed by atoms with Crippen molar-refractivity contribution in [1.82, 2.24) is 4.90 Å². The first-order valence-electron chi connectivity index (χ1n) is 4.56. The Morgan fingerprint density at radius 1 is 1.25 bits per heavy atom. The molecule has 0 aromatic heterocycles. The molecule has 88 valence electrons. The number of likely N-dealkylation sites (N-methyl/N-ethyl adjacent to an activating group) is 1. The van der Waals surface area contributed by atoms with Gasteiger partial charge >= 0.3 is 0 Å². The van der Waals surface area contributed by atoms with Crippen LogP contribution >= 0.6 is 0 Å². The maximum Gasteiger partial charge on any atom is 0.294 e. The van der Waals surface area contributed by atoms with Gasteiger partial charge in [-0.3, -0.25) is 9.35 Å². The molecule has 0 unspecified atom stereocenters. The molecular weight excluding hydrogens is 230 g/mol. The first-order valence-corrected chi connectivity index (χ1v) is 6.00. The van der Waals surface area contributed by atoms with Crippen LogP contribution in [0.1, 0.15) is 10.4 Å². The van der Waals surface area contributed by atoms with Crippen LogP contribution < -0.4 is 0 Å². The Labute approximate surface area is 94.4 Å². The average molecular weight is 243 g/mol. The minimum atomic E-state index is -4.19. The van der Waals surface area contributed by atoms with E-state index < -0.39 is 10.1 Å². The highest BCUT2D eigenvalue weighted by Gasteiger charge is 2.11. The lowest BCUT2D eigenvalue weighted by molar-refractivity contribution is 0.0957. The summed E-state index contributed by atoms with van der Waals surface area (Å²) in [7, 11) is -0.653. The first kappa shape index (κ1) is 12.8. The molecule has 0 aliphatic rings. The minimum absolute atomic E-state index is 0.105. The van der Waals surface area contributed by atoms with Crippen molar-refractivity contribution in [3.05, 3.63) is 29.8 Å². The summed E-state index contributed by atoms with van der Waals surface area (Å²) in [4.78, 5) is 13.1. The Morgan fingerprint density at radius 2 is 1.75 bits per heavy atom. The highest BCUT2D eigenvalue weighted by Crippen LogP contribution is 2.10. The van der Waals surface area contributed by atoms with Crippen LogP contribution in [0.15, 0.2) is 29.2 Å². The van der Waals surface area contributed by atoms with Crippen LogP contribution in [0, 0.1) is 0 Å². The van der Waals surface area contributed by atoms with Crippen LogP contribution in [0.5, 0.6) is 0 Å². The van der Waals surface area contributed by atoms with E-state index in [-0.39, 0.29) is 17.2 Å². The summed E-state index contributed by atoms with van der Waals surface area (Å²) in [6.45, 7) is 0.255. The van der Waals surface area contributed by atoms with E-state index in [1.54, 1.807) is 19.0 Å². The van der Waals surface area contributed by atoms with Crippen LogP contribution in [0.2, 0.25) is 0 Å². The monoisotopic (exact) mass is 243 g/mol. The summed E-state index contributed by atoms with van der Waals surface area (Å²) in [5.41, 5.74) is 0.418. The van der Waals surface area contributed by atoms with Crippen LogP contribution in [-0.4, -0.2) is 44.3 Å². The molecule has 0 saturated heterocycles. The van der Waals surface area contributed by atoms with Crippen LogP contribution in [0.25, 0.3) is 0 Å². The van der Waals surface area contributed by atoms with Crippen molar-refractivity contribution in [3.63, 3.8) is 0 Å². The second-order valence-electron chi connectivity index (χ2n) is 3.66. The van der Waals surface area contributed by atoms with Crippen molar-refractivity contribution in [2.75, 3.05) is 20.6 Å². The molecule has 0 aliphatic carbocycles. The molecule has 0 radical (unpaired) electrons. The van der Waals surface area contributed by atoms with Gasteiger partial charge in [0.2, 0.25) is 0 Å². The smallest absolute Gasteiger partial charge is 0.294 e. The van der Waals surface area contributed by atoms with Crippen molar-refractivity contribution in [1.29, 1.82) is 0 Å². The third-order valence-corrected chi connectivity index (χ3v) is 2.80. The summed E-state index contributed by atoms with van der Waals surface area (Å²) in [6, 6.07) is 5.18. The minimum Gasteiger partial charge on any atom is -0.302 e. The molecule has 16 heavy (non-hydrogen) atoms. The number of Topliss-reactive ketones (excluding diaryl/α,β-unsaturated/α-hetero) is 1. The number of hydrogen-bond acceptors (Lipinski definition) is 4. The maximum atomic E-state index is 11.6. The zero-order valence-electron chi connectivity index (χ0n) is 9.04. The van der Waals surface area contributed by atoms with E-state index in [1.807, 2.05) is 0 Å². The number of nitrogens with zero attached hydrogens (tertiary/aromatic N) is 1. The fraction of sp³-hybridized carbons (Fsp3) is 0.300. The third-order valence-electron chi connectivity index (χ3n) is 1.93. The molecule has 1 aromatic carbocycles. The predicted octanol–water partition coefficient (Wildman–Crippen LogP) is 0.678. The van der Waals surface area contributed by atoms with Gasteiger partial charge in [0.1, 0.15) is 0 Å². The number of ketones is 1. The van der Waals surface area contributed by atoms with Crippen molar-refractivity contribution in [2.24, 2.45) is 0 Å². The van der Waals surface area contributed by atoms with Crippen molar-refractivity contribution < 1.29 is 17.8 Å². The zero-order chi connectivity index (χ0) is 12.3. The Balaban J connectivity index is 2.92. The number of rotatable bonds is 4. The van der Waals surface area contributed by atoms with E-state index >= 15 is 0 Å². The van der Waals surface area contributed by atoms with Crippen LogP contribution in [0.4, 0.5) is 0 Å². The number of hydrogen-bond donors (Lipinski definition) is 1. The van der Waals surface area contributed by atoms with Gasteiger partial charge in [0.25, 0.3) is 10.1 Å². The Bertz CT molecular complexity index is 476. The second kappa shape index (κ2) is 4.73. The largest absolute Gasteiger partial charge is 0.302 e. The molecular formula is C10H13NO4S. The molecule has 0 spiro atoms. The van der Waals surface area contributed by atoms with E-state index in [0.717, 1.165) is 0 Å². The summed E-state index contributed by atoms with van der Waals surface area (Å²) in [6.07, 6.45) is 0. The molecule has 0 fully saturated rings. The highest BCUT2D eigenvalue weighted by molar-refractivity contribution is 7.85. The second-order valence-corrected chi connectivity index (χ2v) is 5.08. The fourth-order valence-electron chi connectivity index (χ4n) is 1.19. The van der Waals surface area contributed by atoms with Gasteiger partial charge in [0, 0.05) is 5.56 Å². The van der Waals surface area contributed by atoms with Crippen LogP contribution in [-0.2, 0) is 10.1 Å². The predicted molar refractivity (Wildman–Crippen MR) is 59.1 cm³/mol. The van der Waals surface area contributed by atoms with Crippen molar-refractivity contribution in [3.8, 4) is 0 Å². The van der Waals surface area contributed by atoms with E-state index in [0.29, 0.717) is 5.56 Å². The van der Waals surface area contributed by atoms with E-state index in [4.69, 9.17) is 4.55 Å². The van der Waals surface area contributed by atoms with Crippen molar-refractivity contribution >= 4 is 15.9 Å². The first-order chi connectivity index (χ1) is 7.30. The molecule has 1 aromatic rings. The quantitative estimate of drug-likeness (QED) is 0.621. The van der Waals surface area contributed by atoms with Gasteiger partial charge in [-0.15, -0.1) is 0 Å². The number of carbonyl (C=O) groups is 1. The normalized spacial score (nSPS) is 11.8. The lowest BCUT2D eigenvalue weighted by Gasteiger charge is -2.08. The third kappa shape index (κ3) is 3.41. The zero-order valence-corrected chi connectivity index (χ0v) is 9.86. The van der Waals surface area contributed by atoms with E-state index in [9.17, 15) is 13.2 Å². The van der Waals surface area contributed by atoms with Gasteiger partial charge in [-0.25, -0.2) is 0 Å². The Morgan fingerprint density at radius 3 is 2.12 bits per heavy atom. The lowest BCUT2D eigenvalue weighted by Crippen LogP contribution is -2.21. The van der Waals surface area contributed by atoms with Gasteiger partial charge in [-0.2, -0.15) is 8.42 Å². The summed E-state index contributed by atoms with van der Waals surface area (Å²) >= 11 is 0. The summed E-state index contributed by atoms with van der Waals surface area (Å²) in [5.74, 6) is -0.105. The molecule has 5 nitrogen and oxygen atoms in total. The van der Waals surface area contributed by atoms with Gasteiger partial charge in [0.15, 0.2) is 5.78 Å². The molecule has 1 N–H and O–H groups in total. The van der Waals surface area contributed by atoms with Gasteiger partial charge in [-0.05, 0) is 38.4 Å². The molecule has 1 rings (SSSR count). The van der Waals surface area contributed by atoms with Gasteiger partial charge in [-0.1, -0.05) is 0 Å². The van der Waals surface area contributed by atoms with Gasteiger partial charge in [0.05, 0.1) is 11.4 Å². The molecule has 0 bridgehead atoms. The average Bonchev–Trinajstić information content (AvgIpc) is 2.15. The summed E-state index contributed by atoms with van der Waals surface area (Å²) < 4.78 is 30.3. The summed E-state index contributed by atoms with van der Waals surface area (Å²) in [5, 5.41) is 0.